The lowest BCUT2D eigenvalue weighted by Crippen LogP contribution is -2.48. The highest BCUT2D eigenvalue weighted by atomic mass is 79.9. The van der Waals surface area contributed by atoms with Crippen molar-refractivity contribution in [2.24, 2.45) is 0 Å². The third-order valence-corrected chi connectivity index (χ3v) is 5.96. The molecule has 6 heteroatoms. The number of halogens is 1. The lowest BCUT2D eigenvalue weighted by molar-refractivity contribution is 0.0692. The fourth-order valence-electron chi connectivity index (χ4n) is 2.57. The van der Waals surface area contributed by atoms with E-state index in [1.54, 1.807) is 0 Å². The Balaban J connectivity index is 1.81. The van der Waals surface area contributed by atoms with Gasteiger partial charge in [-0.2, -0.15) is 16.9 Å². The average Bonchev–Trinajstić information content (AvgIpc) is 3.00. The number of benzene rings is 1. The van der Waals surface area contributed by atoms with E-state index in [4.69, 9.17) is 0 Å². The van der Waals surface area contributed by atoms with Crippen molar-refractivity contribution in [2.45, 2.75) is 25.1 Å². The maximum Gasteiger partial charge on any atom is 0.272 e. The summed E-state index contributed by atoms with van der Waals surface area (Å²) in [5.74, 6) is 1.03. The predicted octanol–water partition coefficient (Wildman–Crippen LogP) is 3.81. The van der Waals surface area contributed by atoms with Gasteiger partial charge in [0.25, 0.3) is 5.91 Å². The van der Waals surface area contributed by atoms with Gasteiger partial charge in [-0.05, 0) is 25.1 Å². The van der Waals surface area contributed by atoms with E-state index in [1.807, 2.05) is 47.0 Å². The van der Waals surface area contributed by atoms with E-state index in [1.165, 1.54) is 0 Å². The molecule has 2 unspecified atom stereocenters. The molecule has 1 saturated heterocycles. The molecule has 1 amide bonds. The van der Waals surface area contributed by atoms with Gasteiger partial charge in [0.15, 0.2) is 0 Å². The number of aromatic nitrogens is 2. The van der Waals surface area contributed by atoms with E-state index in [9.17, 15) is 4.79 Å². The number of carbonyl (C=O) groups is 1. The fraction of sp³-hybridized carbons (Fsp3) is 0.375. The summed E-state index contributed by atoms with van der Waals surface area (Å²) in [6.07, 6.45) is 0. The normalized spacial score (nSPS) is 21.9. The first-order valence-electron chi connectivity index (χ1n) is 7.30. The molecule has 1 aliphatic heterocycles. The van der Waals surface area contributed by atoms with Crippen LogP contribution in [-0.2, 0) is 0 Å². The molecule has 1 N–H and O–H groups in total. The fourth-order valence-corrected chi connectivity index (χ4v) is 3.94. The summed E-state index contributed by atoms with van der Waals surface area (Å²) in [4.78, 5) is 14.6. The summed E-state index contributed by atoms with van der Waals surface area (Å²) in [5.41, 5.74) is 2.35. The van der Waals surface area contributed by atoms with Gasteiger partial charge in [0, 0.05) is 33.6 Å². The van der Waals surface area contributed by atoms with Gasteiger partial charge in [-0.3, -0.25) is 9.89 Å². The lowest BCUT2D eigenvalue weighted by Gasteiger charge is -2.37. The Kier molecular flexibility index (Phi) is 4.59. The van der Waals surface area contributed by atoms with Crippen LogP contribution >= 0.6 is 27.7 Å². The Morgan fingerprint density at radius 3 is 2.82 bits per heavy atom. The molecule has 0 saturated carbocycles. The van der Waals surface area contributed by atoms with E-state index < -0.39 is 0 Å². The SMILES string of the molecule is CC1SCCN(C(=O)c2cc(-c3ccc(Br)cc3)n[nH]2)C1C. The van der Waals surface area contributed by atoms with Gasteiger partial charge in [-0.15, -0.1) is 0 Å². The molecule has 2 atom stereocenters. The molecule has 116 valence electrons. The molecule has 1 aromatic heterocycles. The van der Waals surface area contributed by atoms with Gasteiger partial charge in [0.05, 0.1) is 5.69 Å². The second kappa shape index (κ2) is 6.46. The molecule has 0 bridgehead atoms. The van der Waals surface area contributed by atoms with Crippen molar-refractivity contribution in [1.82, 2.24) is 15.1 Å². The minimum Gasteiger partial charge on any atom is -0.333 e. The van der Waals surface area contributed by atoms with E-state index in [0.29, 0.717) is 10.9 Å². The largest absolute Gasteiger partial charge is 0.333 e. The Morgan fingerprint density at radius 1 is 1.36 bits per heavy atom. The third kappa shape index (κ3) is 3.08. The molecule has 22 heavy (non-hydrogen) atoms. The van der Waals surface area contributed by atoms with Crippen LogP contribution in [0.25, 0.3) is 11.3 Å². The zero-order chi connectivity index (χ0) is 15.7. The number of thioether (sulfide) groups is 1. The quantitative estimate of drug-likeness (QED) is 0.862. The van der Waals surface area contributed by atoms with Crippen LogP contribution in [0.15, 0.2) is 34.8 Å². The monoisotopic (exact) mass is 379 g/mol. The highest BCUT2D eigenvalue weighted by Crippen LogP contribution is 2.26. The van der Waals surface area contributed by atoms with Gasteiger partial charge in [0.1, 0.15) is 5.69 Å². The summed E-state index contributed by atoms with van der Waals surface area (Å²) in [6.45, 7) is 5.08. The number of aromatic amines is 1. The predicted molar refractivity (Wildman–Crippen MR) is 94.1 cm³/mol. The number of H-pyrrole nitrogens is 1. The summed E-state index contributed by atoms with van der Waals surface area (Å²) >= 11 is 5.34. The molecule has 2 aromatic rings. The van der Waals surface area contributed by atoms with E-state index >= 15 is 0 Å². The minimum atomic E-state index is 0.0375. The molecule has 1 fully saturated rings. The first kappa shape index (κ1) is 15.6. The molecule has 1 aliphatic rings. The van der Waals surface area contributed by atoms with Crippen LogP contribution < -0.4 is 0 Å². The molecule has 1 aromatic carbocycles. The van der Waals surface area contributed by atoms with Crippen LogP contribution in [-0.4, -0.2) is 44.6 Å². The average molecular weight is 380 g/mol. The summed E-state index contributed by atoms with van der Waals surface area (Å²) in [6, 6.07) is 9.98. The highest BCUT2D eigenvalue weighted by Gasteiger charge is 2.30. The summed E-state index contributed by atoms with van der Waals surface area (Å²) < 4.78 is 1.02. The topological polar surface area (TPSA) is 49.0 Å². The minimum absolute atomic E-state index is 0.0375. The van der Waals surface area contributed by atoms with E-state index in [2.05, 4.69) is 40.0 Å². The molecule has 0 radical (unpaired) electrons. The number of amides is 1. The highest BCUT2D eigenvalue weighted by molar-refractivity contribution is 9.10. The molecule has 2 heterocycles. The van der Waals surface area contributed by atoms with Crippen molar-refractivity contribution in [3.63, 3.8) is 0 Å². The molecule has 0 aliphatic carbocycles. The Labute approximate surface area is 142 Å². The van der Waals surface area contributed by atoms with Crippen molar-refractivity contribution in [3.05, 3.63) is 40.5 Å². The number of hydrogen-bond acceptors (Lipinski definition) is 3. The number of hydrogen-bond donors (Lipinski definition) is 1. The van der Waals surface area contributed by atoms with Crippen molar-refractivity contribution < 1.29 is 4.79 Å². The van der Waals surface area contributed by atoms with Crippen LogP contribution in [0.3, 0.4) is 0 Å². The smallest absolute Gasteiger partial charge is 0.272 e. The van der Waals surface area contributed by atoms with Gasteiger partial charge < -0.3 is 4.90 Å². The first-order chi connectivity index (χ1) is 10.6. The van der Waals surface area contributed by atoms with Gasteiger partial charge in [-0.1, -0.05) is 35.0 Å². The van der Waals surface area contributed by atoms with Crippen molar-refractivity contribution >= 4 is 33.6 Å². The third-order valence-electron chi connectivity index (χ3n) is 4.09. The van der Waals surface area contributed by atoms with Crippen molar-refractivity contribution in [1.29, 1.82) is 0 Å². The molecule has 3 rings (SSSR count). The second-order valence-corrected chi connectivity index (χ2v) is 7.89. The zero-order valence-corrected chi connectivity index (χ0v) is 14.9. The number of rotatable bonds is 2. The maximum absolute atomic E-state index is 12.7. The Hall–Kier alpha value is -1.27. The Bertz CT molecular complexity index is 670. The van der Waals surface area contributed by atoms with Crippen LogP contribution in [0.5, 0.6) is 0 Å². The van der Waals surface area contributed by atoms with Gasteiger partial charge >= 0.3 is 0 Å². The first-order valence-corrected chi connectivity index (χ1v) is 9.14. The number of nitrogens with one attached hydrogen (secondary N) is 1. The standard InChI is InChI=1S/C16H18BrN3OS/c1-10-11(2)22-8-7-20(10)16(21)15-9-14(18-19-15)12-3-5-13(17)6-4-12/h3-6,9-11H,7-8H2,1-2H3,(H,18,19). The van der Waals surface area contributed by atoms with Gasteiger partial charge in [0.2, 0.25) is 0 Å². The van der Waals surface area contributed by atoms with Crippen LogP contribution in [0.4, 0.5) is 0 Å². The van der Waals surface area contributed by atoms with Crippen LogP contribution in [0, 0.1) is 0 Å². The lowest BCUT2D eigenvalue weighted by atomic mass is 10.1. The molecule has 4 nitrogen and oxygen atoms in total. The Morgan fingerprint density at radius 2 is 2.09 bits per heavy atom. The van der Waals surface area contributed by atoms with Crippen LogP contribution in [0.2, 0.25) is 0 Å². The summed E-state index contributed by atoms with van der Waals surface area (Å²) in [5, 5.41) is 7.64. The van der Waals surface area contributed by atoms with E-state index in [0.717, 1.165) is 28.0 Å². The van der Waals surface area contributed by atoms with Gasteiger partial charge in [-0.25, -0.2) is 0 Å². The number of carbonyl (C=O) groups excluding carboxylic acids is 1. The van der Waals surface area contributed by atoms with Crippen LogP contribution in [0.1, 0.15) is 24.3 Å². The molecular weight excluding hydrogens is 362 g/mol. The number of nitrogens with zero attached hydrogens (tertiary/aromatic N) is 2. The maximum atomic E-state index is 12.7. The van der Waals surface area contributed by atoms with Crippen molar-refractivity contribution in [2.75, 3.05) is 12.3 Å². The van der Waals surface area contributed by atoms with E-state index in [-0.39, 0.29) is 11.9 Å². The zero-order valence-electron chi connectivity index (χ0n) is 12.5. The van der Waals surface area contributed by atoms with Crippen molar-refractivity contribution in [3.8, 4) is 11.3 Å². The molecular formula is C16H18BrN3OS. The summed E-state index contributed by atoms with van der Waals surface area (Å²) in [7, 11) is 0. The molecule has 0 spiro atoms. The second-order valence-electron chi connectivity index (χ2n) is 5.49.